The lowest BCUT2D eigenvalue weighted by atomic mass is 10.1. The maximum Gasteiger partial charge on any atom is 0.269 e. The lowest BCUT2D eigenvalue weighted by molar-refractivity contribution is -0.384. The fraction of sp³-hybridized carbons (Fsp3) is 0.222. The normalized spacial score (nSPS) is 10.1. The van der Waals surface area contributed by atoms with E-state index < -0.39 is 10.8 Å². The van der Waals surface area contributed by atoms with Crippen LogP contribution in [0.2, 0.25) is 0 Å². The number of nitrogens with one attached hydrogen (secondary N) is 2. The molecule has 130 valence electrons. The number of para-hydroxylation sites is 1. The fourth-order valence-electron chi connectivity index (χ4n) is 2.19. The third kappa shape index (κ3) is 4.87. The van der Waals surface area contributed by atoms with Crippen LogP contribution < -0.4 is 10.6 Å². The molecule has 7 nitrogen and oxygen atoms in total. The molecule has 0 atom stereocenters. The molecule has 2 rings (SSSR count). The Morgan fingerprint density at radius 1 is 1.04 bits per heavy atom. The zero-order chi connectivity index (χ0) is 18.2. The van der Waals surface area contributed by atoms with Gasteiger partial charge in [0.1, 0.15) is 0 Å². The molecule has 0 saturated carbocycles. The smallest absolute Gasteiger partial charge is 0.269 e. The Labute approximate surface area is 145 Å². The molecular formula is C18H19N3O4. The number of unbranched alkanes of at least 4 members (excludes halogenated alkanes) is 1. The average Bonchev–Trinajstić information content (AvgIpc) is 2.62. The van der Waals surface area contributed by atoms with E-state index in [1.54, 1.807) is 24.3 Å². The molecule has 0 fully saturated rings. The van der Waals surface area contributed by atoms with Gasteiger partial charge in [0.25, 0.3) is 17.5 Å². The minimum atomic E-state index is -0.530. The van der Waals surface area contributed by atoms with Gasteiger partial charge >= 0.3 is 0 Å². The van der Waals surface area contributed by atoms with Gasteiger partial charge in [-0.1, -0.05) is 25.5 Å². The predicted octanol–water partition coefficient (Wildman–Crippen LogP) is 3.38. The highest BCUT2D eigenvalue weighted by molar-refractivity contribution is 6.09. The molecule has 25 heavy (non-hydrogen) atoms. The molecule has 0 saturated heterocycles. The topological polar surface area (TPSA) is 101 Å². The summed E-state index contributed by atoms with van der Waals surface area (Å²) in [4.78, 5) is 34.7. The van der Waals surface area contributed by atoms with Crippen molar-refractivity contribution in [2.24, 2.45) is 0 Å². The second kappa shape index (κ2) is 8.58. The van der Waals surface area contributed by atoms with Crippen LogP contribution in [0, 0.1) is 10.1 Å². The molecule has 0 aliphatic rings. The number of hydrogen-bond donors (Lipinski definition) is 2. The highest BCUT2D eigenvalue weighted by Crippen LogP contribution is 2.18. The molecule has 0 aromatic heterocycles. The van der Waals surface area contributed by atoms with Gasteiger partial charge in [-0.25, -0.2) is 0 Å². The Morgan fingerprint density at radius 3 is 2.36 bits per heavy atom. The van der Waals surface area contributed by atoms with E-state index in [1.807, 2.05) is 6.92 Å². The summed E-state index contributed by atoms with van der Waals surface area (Å²) in [6.45, 7) is 2.60. The van der Waals surface area contributed by atoms with Crippen LogP contribution in [0.15, 0.2) is 48.5 Å². The highest BCUT2D eigenvalue weighted by Gasteiger charge is 2.14. The van der Waals surface area contributed by atoms with E-state index >= 15 is 0 Å². The van der Waals surface area contributed by atoms with E-state index in [0.717, 1.165) is 12.8 Å². The monoisotopic (exact) mass is 341 g/mol. The summed E-state index contributed by atoms with van der Waals surface area (Å²) < 4.78 is 0. The quantitative estimate of drug-likeness (QED) is 0.458. The van der Waals surface area contributed by atoms with Crippen LogP contribution in [0.4, 0.5) is 11.4 Å². The van der Waals surface area contributed by atoms with Crippen LogP contribution in [-0.4, -0.2) is 23.3 Å². The molecule has 0 aliphatic carbocycles. The molecule has 0 aliphatic heterocycles. The molecule has 0 spiro atoms. The minimum Gasteiger partial charge on any atom is -0.352 e. The van der Waals surface area contributed by atoms with Crippen molar-refractivity contribution < 1.29 is 14.5 Å². The summed E-state index contributed by atoms with van der Waals surface area (Å²) in [6, 6.07) is 12.0. The number of hydrogen-bond acceptors (Lipinski definition) is 4. The van der Waals surface area contributed by atoms with Crippen molar-refractivity contribution in [1.82, 2.24) is 5.32 Å². The van der Waals surface area contributed by atoms with Crippen LogP contribution in [-0.2, 0) is 0 Å². The van der Waals surface area contributed by atoms with Crippen molar-refractivity contribution in [2.75, 3.05) is 11.9 Å². The maximum atomic E-state index is 12.3. The van der Waals surface area contributed by atoms with Crippen molar-refractivity contribution in [1.29, 1.82) is 0 Å². The number of nitrogens with zero attached hydrogens (tertiary/aromatic N) is 1. The summed E-state index contributed by atoms with van der Waals surface area (Å²) in [5.41, 5.74) is 0.938. The first-order valence-electron chi connectivity index (χ1n) is 7.96. The summed E-state index contributed by atoms with van der Waals surface area (Å²) in [5, 5.41) is 16.1. The van der Waals surface area contributed by atoms with E-state index in [1.165, 1.54) is 24.3 Å². The van der Waals surface area contributed by atoms with Gasteiger partial charge in [-0.3, -0.25) is 19.7 Å². The Bertz CT molecular complexity index is 772. The predicted molar refractivity (Wildman–Crippen MR) is 94.7 cm³/mol. The number of carbonyl (C=O) groups is 2. The van der Waals surface area contributed by atoms with E-state index in [0.29, 0.717) is 17.8 Å². The molecule has 0 unspecified atom stereocenters. The van der Waals surface area contributed by atoms with E-state index in [-0.39, 0.29) is 17.2 Å². The molecular weight excluding hydrogens is 322 g/mol. The Kier molecular flexibility index (Phi) is 6.22. The molecule has 2 N–H and O–H groups in total. The number of rotatable bonds is 7. The number of nitro benzene ring substituents is 1. The Morgan fingerprint density at radius 2 is 1.72 bits per heavy atom. The zero-order valence-corrected chi connectivity index (χ0v) is 13.8. The summed E-state index contributed by atoms with van der Waals surface area (Å²) in [7, 11) is 0. The molecule has 2 aromatic carbocycles. The number of carbonyl (C=O) groups excluding carboxylic acids is 2. The molecule has 2 aromatic rings. The highest BCUT2D eigenvalue weighted by atomic mass is 16.6. The van der Waals surface area contributed by atoms with Crippen molar-refractivity contribution in [3.8, 4) is 0 Å². The van der Waals surface area contributed by atoms with E-state index in [9.17, 15) is 19.7 Å². The SMILES string of the molecule is CCCCNC(=O)c1ccccc1NC(=O)c1ccc([N+](=O)[O-])cc1. The van der Waals surface area contributed by atoms with Crippen molar-refractivity contribution >= 4 is 23.2 Å². The first-order chi connectivity index (χ1) is 12.0. The summed E-state index contributed by atoms with van der Waals surface area (Å²) in [5.74, 6) is -0.697. The number of non-ortho nitro benzene ring substituents is 1. The standard InChI is InChI=1S/C18H19N3O4/c1-2-3-12-19-18(23)15-6-4-5-7-16(15)20-17(22)13-8-10-14(11-9-13)21(24)25/h4-11H,2-3,12H2,1H3,(H,19,23)(H,20,22). The molecule has 2 amide bonds. The van der Waals surface area contributed by atoms with Crippen LogP contribution in [0.5, 0.6) is 0 Å². The number of anilines is 1. The van der Waals surface area contributed by atoms with Gasteiger partial charge < -0.3 is 10.6 Å². The zero-order valence-electron chi connectivity index (χ0n) is 13.8. The van der Waals surface area contributed by atoms with E-state index in [2.05, 4.69) is 10.6 Å². The molecule has 0 bridgehead atoms. The first-order valence-corrected chi connectivity index (χ1v) is 7.96. The number of benzene rings is 2. The number of amides is 2. The van der Waals surface area contributed by atoms with Gasteiger partial charge in [0.15, 0.2) is 0 Å². The third-order valence-electron chi connectivity index (χ3n) is 3.58. The minimum absolute atomic E-state index is 0.0905. The fourth-order valence-corrected chi connectivity index (χ4v) is 2.19. The lowest BCUT2D eigenvalue weighted by Crippen LogP contribution is -2.26. The van der Waals surface area contributed by atoms with Crippen LogP contribution in [0.25, 0.3) is 0 Å². The van der Waals surface area contributed by atoms with Gasteiger partial charge in [0.05, 0.1) is 16.2 Å². The Balaban J connectivity index is 2.12. The maximum absolute atomic E-state index is 12.3. The lowest BCUT2D eigenvalue weighted by Gasteiger charge is -2.11. The van der Waals surface area contributed by atoms with Gasteiger partial charge in [0.2, 0.25) is 0 Å². The molecule has 0 radical (unpaired) electrons. The second-order valence-corrected chi connectivity index (χ2v) is 5.41. The summed E-state index contributed by atoms with van der Waals surface area (Å²) in [6.07, 6.45) is 1.85. The van der Waals surface area contributed by atoms with Gasteiger partial charge in [-0.2, -0.15) is 0 Å². The van der Waals surface area contributed by atoms with Gasteiger partial charge in [-0.05, 0) is 30.7 Å². The largest absolute Gasteiger partial charge is 0.352 e. The second-order valence-electron chi connectivity index (χ2n) is 5.41. The van der Waals surface area contributed by atoms with Gasteiger partial charge in [-0.15, -0.1) is 0 Å². The van der Waals surface area contributed by atoms with Crippen LogP contribution in [0.3, 0.4) is 0 Å². The Hall–Kier alpha value is -3.22. The third-order valence-corrected chi connectivity index (χ3v) is 3.58. The first kappa shape index (κ1) is 18.1. The van der Waals surface area contributed by atoms with Crippen molar-refractivity contribution in [2.45, 2.75) is 19.8 Å². The number of nitro groups is 1. The van der Waals surface area contributed by atoms with Crippen molar-refractivity contribution in [3.05, 3.63) is 69.8 Å². The molecule has 7 heteroatoms. The van der Waals surface area contributed by atoms with E-state index in [4.69, 9.17) is 0 Å². The van der Waals surface area contributed by atoms with Crippen molar-refractivity contribution in [3.63, 3.8) is 0 Å². The molecule has 0 heterocycles. The van der Waals surface area contributed by atoms with Gasteiger partial charge in [0, 0.05) is 24.2 Å². The van der Waals surface area contributed by atoms with Crippen LogP contribution >= 0.6 is 0 Å². The van der Waals surface area contributed by atoms with Crippen LogP contribution in [0.1, 0.15) is 40.5 Å². The summed E-state index contributed by atoms with van der Waals surface area (Å²) >= 11 is 0. The average molecular weight is 341 g/mol.